The molecule has 1 aromatic carbocycles. The predicted molar refractivity (Wildman–Crippen MR) is 205 cm³/mol. The van der Waals surface area contributed by atoms with Crippen molar-refractivity contribution in [3.63, 3.8) is 0 Å². The average Bonchev–Trinajstić information content (AvgIpc) is 3.98. The average molecular weight is 844 g/mol. The van der Waals surface area contributed by atoms with E-state index >= 15 is 0 Å². The highest BCUT2D eigenvalue weighted by Gasteiger charge is 2.62. The van der Waals surface area contributed by atoms with Crippen molar-refractivity contribution in [1.82, 2.24) is 25.2 Å². The van der Waals surface area contributed by atoms with E-state index in [-0.39, 0.29) is 37.1 Å². The predicted octanol–water partition coefficient (Wildman–Crippen LogP) is 5.12. The lowest BCUT2D eigenvalue weighted by atomic mass is 10.0. The number of carbonyl (C=O) groups is 4. The second kappa shape index (κ2) is 15.2. The number of thiophene rings is 1. The van der Waals surface area contributed by atoms with Crippen LogP contribution in [0.1, 0.15) is 57.8 Å². The molecule has 2 aliphatic heterocycles. The minimum absolute atomic E-state index is 0.0868. The van der Waals surface area contributed by atoms with Crippen molar-refractivity contribution in [3.8, 4) is 22.1 Å². The molecular weight excluding hydrogens is 804 g/mol. The van der Waals surface area contributed by atoms with Crippen molar-refractivity contribution >= 4 is 67.1 Å². The van der Waals surface area contributed by atoms with E-state index in [2.05, 4.69) is 10.0 Å². The van der Waals surface area contributed by atoms with Gasteiger partial charge in [0, 0.05) is 29.9 Å². The molecule has 1 saturated heterocycles. The molecule has 308 valence electrons. The maximum Gasteiger partial charge on any atom is 0.471 e. The van der Waals surface area contributed by atoms with Crippen LogP contribution in [0.15, 0.2) is 58.3 Å². The summed E-state index contributed by atoms with van der Waals surface area (Å²) < 4.78 is 86.6. The smallest absolute Gasteiger partial charge is 0.471 e. The number of methoxy groups -OCH3 is 1. The summed E-state index contributed by atoms with van der Waals surface area (Å²) in [6, 6.07) is 7.62. The maximum atomic E-state index is 14.4. The number of nitrogens with zero attached hydrogens (tertiary/aromatic N) is 2. The van der Waals surface area contributed by atoms with Crippen molar-refractivity contribution in [1.29, 1.82) is 0 Å². The van der Waals surface area contributed by atoms with Crippen molar-refractivity contribution in [3.05, 3.63) is 53.9 Å². The summed E-state index contributed by atoms with van der Waals surface area (Å²) in [5.41, 5.74) is 0.0771. The van der Waals surface area contributed by atoms with Crippen LogP contribution in [0.4, 0.5) is 13.2 Å². The first-order valence-corrected chi connectivity index (χ1v) is 21.4. The number of rotatable bonds is 8. The highest BCUT2D eigenvalue weighted by molar-refractivity contribution is 7.91. The summed E-state index contributed by atoms with van der Waals surface area (Å²) in [6.07, 6.45) is -0.169. The molecule has 14 nitrogen and oxygen atoms in total. The van der Waals surface area contributed by atoms with Gasteiger partial charge in [-0.05, 0) is 62.1 Å². The van der Waals surface area contributed by atoms with Crippen LogP contribution in [0.25, 0.3) is 32.6 Å². The Morgan fingerprint density at radius 2 is 1.91 bits per heavy atom. The van der Waals surface area contributed by atoms with Gasteiger partial charge in [0.1, 0.15) is 40.6 Å². The third-order valence-electron chi connectivity index (χ3n) is 11.1. The molecule has 19 heteroatoms. The first-order valence-electron chi connectivity index (χ1n) is 19.0. The van der Waals surface area contributed by atoms with Crippen molar-refractivity contribution in [2.24, 2.45) is 5.92 Å². The number of carbonyl (C=O) groups excluding carboxylic acids is 4. The summed E-state index contributed by atoms with van der Waals surface area (Å²) in [6.45, 7) is -0.292. The van der Waals surface area contributed by atoms with Gasteiger partial charge in [-0.2, -0.15) is 13.2 Å². The van der Waals surface area contributed by atoms with E-state index in [9.17, 15) is 40.8 Å². The second-order valence-electron chi connectivity index (χ2n) is 15.1. The number of halogens is 3. The summed E-state index contributed by atoms with van der Waals surface area (Å²) in [7, 11) is -2.48. The van der Waals surface area contributed by atoms with Gasteiger partial charge in [0.2, 0.25) is 21.8 Å². The standard InChI is InChI=1S/C39H40F3N5O9S2/c1-54-22-11-14-25-29(17-22)56-33-30(18-27(43-32(25)33)31-10-7-15-57-31)55-23-16-28-34(48)45-38(36(50)46-58(52,53)24-12-13-24)19-21(38)8-5-3-2-4-6-9-26(35(49)47(28)20-23)44-37(51)39(40,41)42/h5,7-8,10-11,14-15,17-18,21,23-24,26,28H,2-4,6,9,12-13,16,19-20H2,1H3,(H,44,51)(H,45,48)(H,46,50)/t21-,23-,26+,28+,38-/m1/s1. The summed E-state index contributed by atoms with van der Waals surface area (Å²) in [5, 5.41) is 6.42. The minimum atomic E-state index is -5.28. The van der Waals surface area contributed by atoms with Crippen LogP contribution < -0.4 is 24.8 Å². The lowest BCUT2D eigenvalue weighted by Crippen LogP contribution is -2.58. The Morgan fingerprint density at radius 3 is 2.64 bits per heavy atom. The highest BCUT2D eigenvalue weighted by Crippen LogP contribution is 2.46. The van der Waals surface area contributed by atoms with Crippen molar-refractivity contribution < 1.29 is 54.7 Å². The number of alkyl halides is 3. The molecule has 0 unspecified atom stereocenters. The Balaban J connectivity index is 1.15. The van der Waals surface area contributed by atoms with E-state index in [4.69, 9.17) is 18.9 Å². The van der Waals surface area contributed by atoms with Gasteiger partial charge < -0.3 is 29.4 Å². The molecule has 3 aromatic heterocycles. The number of ether oxygens (including phenoxy) is 2. The summed E-state index contributed by atoms with van der Waals surface area (Å²) in [4.78, 5) is 61.4. The summed E-state index contributed by atoms with van der Waals surface area (Å²) in [5.74, 6) is -4.77. The van der Waals surface area contributed by atoms with Gasteiger partial charge in [-0.15, -0.1) is 11.3 Å². The van der Waals surface area contributed by atoms with E-state index in [0.29, 0.717) is 66.5 Å². The fourth-order valence-corrected chi connectivity index (χ4v) is 9.77. The zero-order chi connectivity index (χ0) is 41.0. The van der Waals surface area contributed by atoms with Gasteiger partial charge in [-0.3, -0.25) is 23.9 Å². The van der Waals surface area contributed by atoms with Gasteiger partial charge >= 0.3 is 12.1 Å². The Labute approximate surface area is 334 Å². The molecular formula is C39H40F3N5O9S2. The molecule has 3 fully saturated rings. The van der Waals surface area contributed by atoms with E-state index < -0.39 is 74.7 Å². The first kappa shape index (κ1) is 39.6. The molecule has 5 heterocycles. The number of nitrogens with one attached hydrogen (secondary N) is 3. The van der Waals surface area contributed by atoms with Gasteiger partial charge in [-0.1, -0.05) is 31.1 Å². The largest absolute Gasteiger partial charge is 0.497 e. The Kier molecular flexibility index (Phi) is 10.4. The fraction of sp³-hybridized carbons (Fsp3) is 0.462. The van der Waals surface area contributed by atoms with Crippen molar-refractivity contribution in [2.45, 2.75) is 92.9 Å². The third kappa shape index (κ3) is 7.85. The molecule has 0 bridgehead atoms. The van der Waals surface area contributed by atoms with E-state index in [0.717, 1.165) is 9.78 Å². The number of pyridine rings is 1. The normalized spacial score (nSPS) is 25.6. The van der Waals surface area contributed by atoms with Crippen LogP contribution in [0.3, 0.4) is 0 Å². The molecule has 5 atom stereocenters. The molecule has 2 aliphatic carbocycles. The van der Waals surface area contributed by atoms with Crippen LogP contribution in [0.5, 0.6) is 11.5 Å². The number of amides is 4. The van der Waals surface area contributed by atoms with Crippen molar-refractivity contribution in [2.75, 3.05) is 13.7 Å². The Bertz CT molecular complexity index is 2420. The maximum absolute atomic E-state index is 14.4. The van der Waals surface area contributed by atoms with Crippen LogP contribution in [0.2, 0.25) is 0 Å². The molecule has 0 spiro atoms. The Morgan fingerprint density at radius 1 is 1.10 bits per heavy atom. The molecule has 4 aromatic rings. The number of aromatic nitrogens is 1. The topological polar surface area (TPSA) is 186 Å². The van der Waals surface area contributed by atoms with E-state index in [1.807, 2.05) is 28.9 Å². The molecule has 4 amide bonds. The summed E-state index contributed by atoms with van der Waals surface area (Å²) >= 11 is 1.44. The number of hydrogen-bond acceptors (Lipinski definition) is 11. The number of hydrogen-bond donors (Lipinski definition) is 3. The lowest BCUT2D eigenvalue weighted by Gasteiger charge is -2.30. The number of furan rings is 1. The third-order valence-corrected chi connectivity index (χ3v) is 13.8. The van der Waals surface area contributed by atoms with Gasteiger partial charge in [0.25, 0.3) is 5.91 Å². The van der Waals surface area contributed by atoms with Crippen LogP contribution in [-0.2, 0) is 29.2 Å². The lowest BCUT2D eigenvalue weighted by molar-refractivity contribution is -0.175. The molecule has 0 radical (unpaired) electrons. The molecule has 8 rings (SSSR count). The van der Waals surface area contributed by atoms with E-state index in [1.165, 1.54) is 18.4 Å². The van der Waals surface area contributed by atoms with Crippen LogP contribution >= 0.6 is 11.3 Å². The number of fused-ring (bicyclic) bond motifs is 5. The quantitative estimate of drug-likeness (QED) is 0.201. The van der Waals surface area contributed by atoms with Gasteiger partial charge in [0.05, 0.1) is 29.5 Å². The molecule has 4 aliphatic rings. The number of allylic oxidation sites excluding steroid dienone is 1. The number of benzene rings is 1. The zero-order valence-electron chi connectivity index (χ0n) is 31.2. The molecule has 58 heavy (non-hydrogen) atoms. The zero-order valence-corrected chi connectivity index (χ0v) is 32.8. The molecule has 3 N–H and O–H groups in total. The monoisotopic (exact) mass is 843 g/mol. The van der Waals surface area contributed by atoms with Crippen LogP contribution in [0, 0.1) is 5.92 Å². The second-order valence-corrected chi connectivity index (χ2v) is 18.1. The molecule has 2 saturated carbocycles. The fourth-order valence-electron chi connectivity index (χ4n) is 7.72. The minimum Gasteiger partial charge on any atom is -0.497 e. The Hall–Kier alpha value is -5.17. The SMILES string of the molecule is COc1ccc2c(c1)oc1c(O[C@@H]3C[C@H]4C(=O)N[C@]5(C(=O)NS(=O)(=O)C6CC6)C[C@H]5C=CCCCCC[C@H](NC(=O)C(F)(F)F)C(=O)N4C3)cc(-c3cccs3)nc12. The van der Waals surface area contributed by atoms with E-state index in [1.54, 1.807) is 30.3 Å². The number of sulfonamides is 1. The van der Waals surface area contributed by atoms with Gasteiger partial charge in [0.15, 0.2) is 11.3 Å². The van der Waals surface area contributed by atoms with Crippen LogP contribution in [-0.4, -0.2) is 90.7 Å². The van der Waals surface area contributed by atoms with Gasteiger partial charge in [-0.25, -0.2) is 13.4 Å². The highest BCUT2D eigenvalue weighted by atomic mass is 32.2. The first-order chi connectivity index (χ1) is 27.7.